The van der Waals surface area contributed by atoms with E-state index in [1.165, 1.54) is 19.3 Å². The van der Waals surface area contributed by atoms with Gasteiger partial charge in [0, 0.05) is 12.1 Å². The SMILES string of the molecule is CC1(NCc2cccc(O)c2)CCC1. The van der Waals surface area contributed by atoms with E-state index in [1.54, 1.807) is 6.07 Å². The van der Waals surface area contributed by atoms with Crippen molar-refractivity contribution in [3.05, 3.63) is 29.8 Å². The van der Waals surface area contributed by atoms with Crippen LogP contribution < -0.4 is 5.32 Å². The van der Waals surface area contributed by atoms with Crippen LogP contribution in [0.1, 0.15) is 31.7 Å². The molecule has 2 nitrogen and oxygen atoms in total. The zero-order valence-electron chi connectivity index (χ0n) is 8.59. The quantitative estimate of drug-likeness (QED) is 0.769. The first-order valence-corrected chi connectivity index (χ1v) is 5.21. The van der Waals surface area contributed by atoms with Crippen LogP contribution in [-0.4, -0.2) is 10.6 Å². The molecule has 0 bridgehead atoms. The van der Waals surface area contributed by atoms with E-state index in [2.05, 4.69) is 12.2 Å². The van der Waals surface area contributed by atoms with Gasteiger partial charge in [0.15, 0.2) is 0 Å². The molecule has 2 N–H and O–H groups in total. The zero-order valence-corrected chi connectivity index (χ0v) is 8.59. The molecule has 2 heteroatoms. The van der Waals surface area contributed by atoms with Gasteiger partial charge in [-0.25, -0.2) is 0 Å². The van der Waals surface area contributed by atoms with Crippen molar-refractivity contribution < 1.29 is 5.11 Å². The lowest BCUT2D eigenvalue weighted by atomic mass is 9.78. The summed E-state index contributed by atoms with van der Waals surface area (Å²) in [7, 11) is 0. The summed E-state index contributed by atoms with van der Waals surface area (Å²) in [5.41, 5.74) is 1.49. The fraction of sp³-hybridized carbons (Fsp3) is 0.500. The van der Waals surface area contributed by atoms with Crippen molar-refractivity contribution in [2.75, 3.05) is 0 Å². The van der Waals surface area contributed by atoms with Crippen LogP contribution >= 0.6 is 0 Å². The molecule has 0 aromatic heterocycles. The summed E-state index contributed by atoms with van der Waals surface area (Å²) in [5, 5.41) is 12.8. The minimum absolute atomic E-state index is 0.339. The number of benzene rings is 1. The van der Waals surface area contributed by atoms with Crippen molar-refractivity contribution >= 4 is 0 Å². The predicted octanol–water partition coefficient (Wildman–Crippen LogP) is 2.42. The van der Waals surface area contributed by atoms with E-state index in [0.29, 0.717) is 11.3 Å². The first-order chi connectivity index (χ1) is 6.68. The fourth-order valence-electron chi connectivity index (χ4n) is 1.87. The molecule has 1 aromatic rings. The van der Waals surface area contributed by atoms with Crippen LogP contribution in [0.25, 0.3) is 0 Å². The average molecular weight is 191 g/mol. The molecule has 0 spiro atoms. The van der Waals surface area contributed by atoms with E-state index in [9.17, 15) is 5.11 Å². The van der Waals surface area contributed by atoms with E-state index in [1.807, 2.05) is 18.2 Å². The summed E-state index contributed by atoms with van der Waals surface area (Å²) in [6.07, 6.45) is 3.88. The van der Waals surface area contributed by atoms with Crippen molar-refractivity contribution in [3.63, 3.8) is 0 Å². The second kappa shape index (κ2) is 3.62. The van der Waals surface area contributed by atoms with Crippen molar-refractivity contribution in [2.24, 2.45) is 0 Å². The van der Waals surface area contributed by atoms with E-state index in [-0.39, 0.29) is 0 Å². The standard InChI is InChI=1S/C12H17NO/c1-12(6-3-7-12)13-9-10-4-2-5-11(14)8-10/h2,4-5,8,13-14H,3,6-7,9H2,1H3. The highest BCUT2D eigenvalue weighted by molar-refractivity contribution is 5.27. The molecule has 14 heavy (non-hydrogen) atoms. The van der Waals surface area contributed by atoms with Crippen molar-refractivity contribution in [1.29, 1.82) is 0 Å². The molecule has 0 amide bonds. The maximum atomic E-state index is 9.29. The monoisotopic (exact) mass is 191 g/mol. The first-order valence-electron chi connectivity index (χ1n) is 5.21. The number of phenols is 1. The minimum atomic E-state index is 0.339. The van der Waals surface area contributed by atoms with Crippen LogP contribution in [0.2, 0.25) is 0 Å². The third-order valence-electron chi connectivity index (χ3n) is 3.09. The Kier molecular flexibility index (Phi) is 2.46. The second-order valence-corrected chi connectivity index (χ2v) is 4.44. The Morgan fingerprint density at radius 3 is 2.79 bits per heavy atom. The molecule has 1 aromatic carbocycles. The van der Waals surface area contributed by atoms with Crippen LogP contribution in [0.4, 0.5) is 0 Å². The molecule has 1 fully saturated rings. The van der Waals surface area contributed by atoms with Crippen molar-refractivity contribution in [3.8, 4) is 5.75 Å². The summed E-state index contributed by atoms with van der Waals surface area (Å²) < 4.78 is 0. The van der Waals surface area contributed by atoms with Gasteiger partial charge in [0.05, 0.1) is 0 Å². The van der Waals surface area contributed by atoms with Gasteiger partial charge in [-0.3, -0.25) is 0 Å². The highest BCUT2D eigenvalue weighted by atomic mass is 16.3. The van der Waals surface area contributed by atoms with Gasteiger partial charge in [0.1, 0.15) is 5.75 Å². The van der Waals surface area contributed by atoms with Gasteiger partial charge in [-0.2, -0.15) is 0 Å². The van der Waals surface area contributed by atoms with E-state index < -0.39 is 0 Å². The molecule has 0 unspecified atom stereocenters. The van der Waals surface area contributed by atoms with Gasteiger partial charge in [-0.15, -0.1) is 0 Å². The van der Waals surface area contributed by atoms with Crippen molar-refractivity contribution in [2.45, 2.75) is 38.3 Å². The lowest BCUT2D eigenvalue weighted by Crippen LogP contribution is -2.47. The van der Waals surface area contributed by atoms with Gasteiger partial charge in [-0.05, 0) is 43.9 Å². The summed E-state index contributed by atoms with van der Waals surface area (Å²) in [6.45, 7) is 3.12. The molecule has 0 atom stereocenters. The molecule has 0 aliphatic heterocycles. The van der Waals surface area contributed by atoms with E-state index in [0.717, 1.165) is 12.1 Å². The van der Waals surface area contributed by atoms with Crippen LogP contribution in [-0.2, 0) is 6.54 Å². The van der Waals surface area contributed by atoms with Gasteiger partial charge in [0.2, 0.25) is 0 Å². The molecule has 1 saturated carbocycles. The van der Waals surface area contributed by atoms with E-state index in [4.69, 9.17) is 0 Å². The Morgan fingerprint density at radius 2 is 2.21 bits per heavy atom. The predicted molar refractivity (Wildman–Crippen MR) is 57.2 cm³/mol. The lowest BCUT2D eigenvalue weighted by molar-refractivity contribution is 0.207. The van der Waals surface area contributed by atoms with Crippen LogP contribution in [0.3, 0.4) is 0 Å². The van der Waals surface area contributed by atoms with Crippen LogP contribution in [0.15, 0.2) is 24.3 Å². The molecular formula is C12H17NO. The molecule has 0 saturated heterocycles. The summed E-state index contributed by atoms with van der Waals surface area (Å²) in [5.74, 6) is 0.350. The number of phenolic OH excluding ortho intramolecular Hbond substituents is 1. The van der Waals surface area contributed by atoms with Crippen LogP contribution in [0.5, 0.6) is 5.75 Å². The normalized spacial score (nSPS) is 18.9. The summed E-state index contributed by atoms with van der Waals surface area (Å²) in [6, 6.07) is 7.44. The molecule has 1 aliphatic carbocycles. The van der Waals surface area contributed by atoms with Crippen LogP contribution in [0, 0.1) is 0 Å². The molecule has 2 rings (SSSR count). The third-order valence-corrected chi connectivity index (χ3v) is 3.09. The van der Waals surface area contributed by atoms with Gasteiger partial charge < -0.3 is 10.4 Å². The van der Waals surface area contributed by atoms with Gasteiger partial charge >= 0.3 is 0 Å². The zero-order chi connectivity index (χ0) is 10.0. The van der Waals surface area contributed by atoms with Crippen molar-refractivity contribution in [1.82, 2.24) is 5.32 Å². The fourth-order valence-corrected chi connectivity index (χ4v) is 1.87. The molecule has 76 valence electrons. The van der Waals surface area contributed by atoms with Gasteiger partial charge in [0.25, 0.3) is 0 Å². The molecular weight excluding hydrogens is 174 g/mol. The summed E-state index contributed by atoms with van der Waals surface area (Å²) >= 11 is 0. The molecule has 0 radical (unpaired) electrons. The Labute approximate surface area is 85.0 Å². The number of hydrogen-bond donors (Lipinski definition) is 2. The maximum Gasteiger partial charge on any atom is 0.115 e. The Hall–Kier alpha value is -1.02. The Bertz CT molecular complexity index is 318. The number of rotatable bonds is 3. The average Bonchev–Trinajstić information content (AvgIpc) is 2.12. The first kappa shape index (κ1) is 9.53. The largest absolute Gasteiger partial charge is 0.508 e. The maximum absolute atomic E-state index is 9.29. The Morgan fingerprint density at radius 1 is 1.43 bits per heavy atom. The summed E-state index contributed by atoms with van der Waals surface area (Å²) in [4.78, 5) is 0. The second-order valence-electron chi connectivity index (χ2n) is 4.44. The Balaban J connectivity index is 1.91. The topological polar surface area (TPSA) is 32.3 Å². The highest BCUT2D eigenvalue weighted by Crippen LogP contribution is 2.31. The van der Waals surface area contributed by atoms with E-state index >= 15 is 0 Å². The number of aromatic hydroxyl groups is 1. The third kappa shape index (κ3) is 2.07. The molecule has 0 heterocycles. The van der Waals surface area contributed by atoms with Gasteiger partial charge in [-0.1, -0.05) is 12.1 Å². The molecule has 1 aliphatic rings. The smallest absolute Gasteiger partial charge is 0.115 e. The highest BCUT2D eigenvalue weighted by Gasteiger charge is 2.30. The number of hydrogen-bond acceptors (Lipinski definition) is 2. The lowest BCUT2D eigenvalue weighted by Gasteiger charge is -2.39. The minimum Gasteiger partial charge on any atom is -0.508 e. The number of nitrogens with one attached hydrogen (secondary N) is 1.